The van der Waals surface area contributed by atoms with Gasteiger partial charge in [-0.1, -0.05) is 48.5 Å². The van der Waals surface area contributed by atoms with E-state index in [0.717, 1.165) is 12.8 Å². The molecule has 5 heteroatoms. The minimum Gasteiger partial charge on any atom is -0.380 e. The summed E-state index contributed by atoms with van der Waals surface area (Å²) in [6.45, 7) is 0.928. The van der Waals surface area contributed by atoms with Crippen LogP contribution in [0.4, 0.5) is 10.1 Å². The van der Waals surface area contributed by atoms with Gasteiger partial charge < -0.3 is 10.6 Å². The number of aromatic nitrogens is 1. The Bertz CT molecular complexity index is 883. The summed E-state index contributed by atoms with van der Waals surface area (Å²) in [6, 6.07) is 18.5. The predicted octanol–water partition coefficient (Wildman–Crippen LogP) is 4.20. The number of carbonyl (C=O) groups is 1. The second-order valence-corrected chi connectivity index (χ2v) is 6.25. The smallest absolute Gasteiger partial charge is 0.252 e. The van der Waals surface area contributed by atoms with Crippen molar-refractivity contribution in [1.82, 2.24) is 10.3 Å². The first-order chi connectivity index (χ1) is 13.2. The summed E-state index contributed by atoms with van der Waals surface area (Å²) < 4.78 is 13.7. The molecule has 0 aliphatic carbocycles. The van der Waals surface area contributed by atoms with Gasteiger partial charge in [-0.15, -0.1) is 0 Å². The Balaban J connectivity index is 1.49. The molecule has 3 aromatic rings. The van der Waals surface area contributed by atoms with E-state index in [4.69, 9.17) is 0 Å². The van der Waals surface area contributed by atoms with Crippen molar-refractivity contribution in [3.8, 4) is 0 Å². The lowest BCUT2D eigenvalue weighted by Gasteiger charge is -2.09. The minimum absolute atomic E-state index is 0.162. The average Bonchev–Trinajstić information content (AvgIpc) is 2.71. The lowest BCUT2D eigenvalue weighted by atomic mass is 10.1. The van der Waals surface area contributed by atoms with Crippen LogP contribution in [0.5, 0.6) is 0 Å². The number of carbonyl (C=O) groups excluding carboxylic acids is 1. The van der Waals surface area contributed by atoms with Crippen LogP contribution in [0.25, 0.3) is 0 Å². The highest BCUT2D eigenvalue weighted by molar-refractivity contribution is 5.94. The van der Waals surface area contributed by atoms with Crippen LogP contribution >= 0.6 is 0 Å². The van der Waals surface area contributed by atoms with Crippen molar-refractivity contribution in [3.63, 3.8) is 0 Å². The van der Waals surface area contributed by atoms with Crippen LogP contribution in [-0.4, -0.2) is 17.4 Å². The highest BCUT2D eigenvalue weighted by Crippen LogP contribution is 2.12. The van der Waals surface area contributed by atoms with Gasteiger partial charge in [-0.05, 0) is 30.5 Å². The molecule has 0 spiro atoms. The van der Waals surface area contributed by atoms with Gasteiger partial charge in [0.15, 0.2) is 0 Å². The number of rotatable bonds is 8. The summed E-state index contributed by atoms with van der Waals surface area (Å²) in [5.41, 5.74) is 2.98. The Morgan fingerprint density at radius 2 is 1.78 bits per heavy atom. The molecule has 0 fully saturated rings. The molecule has 3 rings (SSSR count). The molecular weight excluding hydrogens is 341 g/mol. The molecule has 0 saturated heterocycles. The van der Waals surface area contributed by atoms with Crippen LogP contribution < -0.4 is 10.6 Å². The van der Waals surface area contributed by atoms with Gasteiger partial charge in [0, 0.05) is 31.0 Å². The third-order valence-electron chi connectivity index (χ3n) is 4.21. The van der Waals surface area contributed by atoms with Crippen molar-refractivity contribution in [2.75, 3.05) is 11.9 Å². The standard InChI is InChI=1S/C22H22FN3O/c23-21-11-5-4-10-18(21)15-26-20-13-19(14-24-16-20)22(27)25-12-6-9-17-7-2-1-3-8-17/h1-5,7-8,10-11,13-14,16,26H,6,9,12,15H2,(H,25,27). The molecular formula is C22H22FN3O. The molecule has 1 heterocycles. The Hall–Kier alpha value is -3.21. The topological polar surface area (TPSA) is 54.0 Å². The second-order valence-electron chi connectivity index (χ2n) is 6.25. The van der Waals surface area contributed by atoms with Crippen molar-refractivity contribution in [2.24, 2.45) is 0 Å². The SMILES string of the molecule is O=C(NCCCc1ccccc1)c1cncc(NCc2ccccc2F)c1. The van der Waals surface area contributed by atoms with Crippen molar-refractivity contribution in [3.05, 3.63) is 95.6 Å². The highest BCUT2D eigenvalue weighted by Gasteiger charge is 2.07. The van der Waals surface area contributed by atoms with Crippen LogP contribution in [-0.2, 0) is 13.0 Å². The molecule has 0 saturated carbocycles. The van der Waals surface area contributed by atoms with Gasteiger partial charge in [0.25, 0.3) is 5.91 Å². The number of nitrogens with one attached hydrogen (secondary N) is 2. The maximum Gasteiger partial charge on any atom is 0.252 e. The van der Waals surface area contributed by atoms with Gasteiger partial charge >= 0.3 is 0 Å². The molecule has 138 valence electrons. The number of benzene rings is 2. The van der Waals surface area contributed by atoms with Gasteiger partial charge in [0.2, 0.25) is 0 Å². The van der Waals surface area contributed by atoms with Crippen molar-refractivity contribution in [2.45, 2.75) is 19.4 Å². The Labute approximate surface area is 158 Å². The molecule has 2 aromatic carbocycles. The lowest BCUT2D eigenvalue weighted by molar-refractivity contribution is 0.0953. The van der Waals surface area contributed by atoms with E-state index >= 15 is 0 Å². The molecule has 0 aliphatic rings. The highest BCUT2D eigenvalue weighted by atomic mass is 19.1. The molecule has 1 aromatic heterocycles. The van der Waals surface area contributed by atoms with Crippen LogP contribution in [0, 0.1) is 5.82 Å². The maximum absolute atomic E-state index is 13.7. The first-order valence-electron chi connectivity index (χ1n) is 8.97. The average molecular weight is 363 g/mol. The Morgan fingerprint density at radius 1 is 1.00 bits per heavy atom. The summed E-state index contributed by atoms with van der Waals surface area (Å²) in [6.07, 6.45) is 4.94. The quantitative estimate of drug-likeness (QED) is 0.590. The molecule has 0 bridgehead atoms. The number of hydrogen-bond acceptors (Lipinski definition) is 3. The fourth-order valence-corrected chi connectivity index (χ4v) is 2.74. The van der Waals surface area contributed by atoms with E-state index in [2.05, 4.69) is 27.8 Å². The number of amides is 1. The summed E-state index contributed by atoms with van der Waals surface area (Å²) in [4.78, 5) is 16.4. The number of halogens is 1. The largest absolute Gasteiger partial charge is 0.380 e. The zero-order valence-electron chi connectivity index (χ0n) is 15.0. The first-order valence-corrected chi connectivity index (χ1v) is 8.97. The second kappa shape index (κ2) is 9.48. The molecule has 0 atom stereocenters. The minimum atomic E-state index is -0.259. The fourth-order valence-electron chi connectivity index (χ4n) is 2.74. The summed E-state index contributed by atoms with van der Waals surface area (Å²) >= 11 is 0. The molecule has 0 radical (unpaired) electrons. The van der Waals surface area contributed by atoms with E-state index in [-0.39, 0.29) is 11.7 Å². The van der Waals surface area contributed by atoms with Crippen LogP contribution in [0.3, 0.4) is 0 Å². The van der Waals surface area contributed by atoms with Crippen LogP contribution in [0.15, 0.2) is 73.1 Å². The van der Waals surface area contributed by atoms with Gasteiger partial charge in [-0.2, -0.15) is 0 Å². The van der Waals surface area contributed by atoms with E-state index in [1.165, 1.54) is 17.8 Å². The molecule has 27 heavy (non-hydrogen) atoms. The zero-order chi connectivity index (χ0) is 18.9. The van der Waals surface area contributed by atoms with Crippen molar-refractivity contribution in [1.29, 1.82) is 0 Å². The molecule has 4 nitrogen and oxygen atoms in total. The molecule has 0 aliphatic heterocycles. The number of aryl methyl sites for hydroxylation is 1. The summed E-state index contributed by atoms with van der Waals surface area (Å²) in [5, 5.41) is 6.02. The van der Waals surface area contributed by atoms with E-state index in [1.54, 1.807) is 30.5 Å². The number of pyridine rings is 1. The number of hydrogen-bond donors (Lipinski definition) is 2. The van der Waals surface area contributed by atoms with Gasteiger partial charge in [0.1, 0.15) is 5.82 Å². The van der Waals surface area contributed by atoms with Gasteiger partial charge in [-0.25, -0.2) is 4.39 Å². The van der Waals surface area contributed by atoms with Gasteiger partial charge in [-0.3, -0.25) is 9.78 Å². The van der Waals surface area contributed by atoms with Crippen molar-refractivity contribution < 1.29 is 9.18 Å². The normalized spacial score (nSPS) is 10.4. The zero-order valence-corrected chi connectivity index (χ0v) is 15.0. The van der Waals surface area contributed by atoms with E-state index in [9.17, 15) is 9.18 Å². The fraction of sp³-hybridized carbons (Fsp3) is 0.182. The maximum atomic E-state index is 13.7. The molecule has 1 amide bonds. The number of nitrogens with zero attached hydrogens (tertiary/aromatic N) is 1. The Morgan fingerprint density at radius 3 is 2.59 bits per heavy atom. The summed E-state index contributed by atoms with van der Waals surface area (Å²) in [5.74, 6) is -0.421. The van der Waals surface area contributed by atoms with Crippen LogP contribution in [0.1, 0.15) is 27.9 Å². The van der Waals surface area contributed by atoms with E-state index in [1.807, 2.05) is 18.2 Å². The summed E-state index contributed by atoms with van der Waals surface area (Å²) in [7, 11) is 0. The lowest BCUT2D eigenvalue weighted by Crippen LogP contribution is -2.25. The predicted molar refractivity (Wildman–Crippen MR) is 105 cm³/mol. The Kier molecular flexibility index (Phi) is 6.52. The van der Waals surface area contributed by atoms with Crippen LogP contribution in [0.2, 0.25) is 0 Å². The third kappa shape index (κ3) is 5.64. The van der Waals surface area contributed by atoms with E-state index < -0.39 is 0 Å². The molecule has 2 N–H and O–H groups in total. The van der Waals surface area contributed by atoms with Gasteiger partial charge in [0.05, 0.1) is 11.3 Å². The first kappa shape index (κ1) is 18.6. The van der Waals surface area contributed by atoms with Crippen molar-refractivity contribution >= 4 is 11.6 Å². The van der Waals surface area contributed by atoms with E-state index in [0.29, 0.717) is 29.9 Å². The third-order valence-corrected chi connectivity index (χ3v) is 4.21. The molecule has 0 unspecified atom stereocenters. The monoisotopic (exact) mass is 363 g/mol. The number of anilines is 1.